The average Bonchev–Trinajstić information content (AvgIpc) is 2.68. The minimum Gasteiger partial charge on any atom is -0.368 e. The van der Waals surface area contributed by atoms with E-state index < -0.39 is 0 Å². The lowest BCUT2D eigenvalue weighted by Gasteiger charge is -2.37. The highest BCUT2D eigenvalue weighted by molar-refractivity contribution is 5.89. The van der Waals surface area contributed by atoms with Crippen LogP contribution in [0.2, 0.25) is 0 Å². The molecular weight excluding hydrogens is 324 g/mol. The van der Waals surface area contributed by atoms with E-state index in [0.717, 1.165) is 13.1 Å². The van der Waals surface area contributed by atoms with E-state index in [-0.39, 0.29) is 6.03 Å². The minimum atomic E-state index is -0.114. The van der Waals surface area contributed by atoms with Gasteiger partial charge in [0, 0.05) is 37.6 Å². The molecule has 134 valence electrons. The van der Waals surface area contributed by atoms with Crippen LogP contribution in [0.4, 0.5) is 16.2 Å². The molecule has 1 heterocycles. The van der Waals surface area contributed by atoms with Crippen LogP contribution >= 0.6 is 0 Å². The number of nitrogens with zero attached hydrogens (tertiary/aromatic N) is 3. The second-order valence-electron chi connectivity index (χ2n) is 6.81. The van der Waals surface area contributed by atoms with E-state index in [1.807, 2.05) is 4.90 Å². The first kappa shape index (κ1) is 17.8. The number of carbonyl (C=O) groups excluding carboxylic acids is 1. The Morgan fingerprint density at radius 1 is 1.08 bits per heavy atom. The maximum Gasteiger partial charge on any atom is 0.321 e. The van der Waals surface area contributed by atoms with E-state index in [2.05, 4.69) is 54.4 Å². The van der Waals surface area contributed by atoms with E-state index in [1.165, 1.54) is 11.3 Å². The van der Waals surface area contributed by atoms with Crippen LogP contribution in [-0.2, 0) is 0 Å². The van der Waals surface area contributed by atoms with Crippen molar-refractivity contribution in [3.63, 3.8) is 0 Å². The smallest absolute Gasteiger partial charge is 0.321 e. The fourth-order valence-electron chi connectivity index (χ4n) is 3.28. The van der Waals surface area contributed by atoms with Crippen molar-refractivity contribution >= 4 is 17.4 Å². The molecule has 26 heavy (non-hydrogen) atoms. The summed E-state index contributed by atoms with van der Waals surface area (Å²) in [5.41, 5.74) is 3.81. The SMILES string of the molecule is CC(C)c1ccccc1N1CCN(C(=O)Nc2cccc(C#N)c2)CC1. The number of anilines is 2. The summed E-state index contributed by atoms with van der Waals surface area (Å²) in [4.78, 5) is 16.7. The van der Waals surface area contributed by atoms with E-state index >= 15 is 0 Å². The Morgan fingerprint density at radius 2 is 1.81 bits per heavy atom. The summed E-state index contributed by atoms with van der Waals surface area (Å²) in [5, 5.41) is 11.9. The first-order chi connectivity index (χ1) is 12.6. The van der Waals surface area contributed by atoms with E-state index in [0.29, 0.717) is 30.3 Å². The van der Waals surface area contributed by atoms with Crippen molar-refractivity contribution < 1.29 is 4.79 Å². The van der Waals surface area contributed by atoms with Crippen molar-refractivity contribution in [2.24, 2.45) is 0 Å². The number of urea groups is 1. The third kappa shape index (κ3) is 3.97. The monoisotopic (exact) mass is 348 g/mol. The van der Waals surface area contributed by atoms with Crippen LogP contribution in [0.1, 0.15) is 30.9 Å². The van der Waals surface area contributed by atoms with Crippen molar-refractivity contribution in [2.75, 3.05) is 36.4 Å². The molecule has 5 heteroatoms. The van der Waals surface area contributed by atoms with Crippen molar-refractivity contribution in [3.8, 4) is 6.07 Å². The lowest BCUT2D eigenvalue weighted by Crippen LogP contribution is -2.50. The van der Waals surface area contributed by atoms with Gasteiger partial charge < -0.3 is 15.1 Å². The molecule has 2 amide bonds. The summed E-state index contributed by atoms with van der Waals surface area (Å²) in [6.45, 7) is 7.40. The normalized spacial score (nSPS) is 14.2. The Bertz CT molecular complexity index is 817. The van der Waals surface area contributed by atoms with Crippen molar-refractivity contribution in [1.29, 1.82) is 5.26 Å². The van der Waals surface area contributed by atoms with Crippen LogP contribution in [0.3, 0.4) is 0 Å². The molecule has 1 aliphatic heterocycles. The molecule has 1 saturated heterocycles. The quantitative estimate of drug-likeness (QED) is 0.911. The topological polar surface area (TPSA) is 59.4 Å². The van der Waals surface area contributed by atoms with Crippen molar-refractivity contribution in [2.45, 2.75) is 19.8 Å². The van der Waals surface area contributed by atoms with Gasteiger partial charge >= 0.3 is 6.03 Å². The van der Waals surface area contributed by atoms with Gasteiger partial charge in [0.1, 0.15) is 0 Å². The Morgan fingerprint density at radius 3 is 2.50 bits per heavy atom. The molecule has 0 aromatic heterocycles. The summed E-state index contributed by atoms with van der Waals surface area (Å²) in [6.07, 6.45) is 0. The van der Waals surface area contributed by atoms with Crippen LogP contribution in [0.5, 0.6) is 0 Å². The molecule has 0 aliphatic carbocycles. The second-order valence-corrected chi connectivity index (χ2v) is 6.81. The number of nitrogens with one attached hydrogen (secondary N) is 1. The molecule has 0 bridgehead atoms. The Hall–Kier alpha value is -3.00. The van der Waals surface area contributed by atoms with Gasteiger partial charge in [0.2, 0.25) is 0 Å². The number of para-hydroxylation sites is 1. The molecule has 1 N–H and O–H groups in total. The maximum atomic E-state index is 12.5. The van der Waals surface area contributed by atoms with Gasteiger partial charge in [-0.15, -0.1) is 0 Å². The molecule has 1 fully saturated rings. The third-order valence-corrected chi connectivity index (χ3v) is 4.71. The molecule has 0 spiro atoms. The molecule has 2 aromatic carbocycles. The van der Waals surface area contributed by atoms with Gasteiger partial charge in [-0.05, 0) is 35.7 Å². The summed E-state index contributed by atoms with van der Waals surface area (Å²) >= 11 is 0. The fraction of sp³-hybridized carbons (Fsp3) is 0.333. The molecule has 0 saturated carbocycles. The lowest BCUT2D eigenvalue weighted by atomic mass is 10.00. The molecule has 3 rings (SSSR count). The summed E-state index contributed by atoms with van der Waals surface area (Å²) < 4.78 is 0. The standard InChI is InChI=1S/C21H24N4O/c1-16(2)19-8-3-4-9-20(19)24-10-12-25(13-11-24)21(26)23-18-7-5-6-17(14-18)15-22/h3-9,14,16H,10-13H2,1-2H3,(H,23,26). The van der Waals surface area contributed by atoms with E-state index in [1.54, 1.807) is 24.3 Å². The molecule has 5 nitrogen and oxygen atoms in total. The Kier molecular flexibility index (Phi) is 5.43. The predicted octanol–water partition coefficient (Wildman–Crippen LogP) is 4.04. The van der Waals surface area contributed by atoms with E-state index in [4.69, 9.17) is 5.26 Å². The number of rotatable bonds is 3. The highest BCUT2D eigenvalue weighted by Gasteiger charge is 2.23. The molecule has 0 atom stereocenters. The zero-order valence-electron chi connectivity index (χ0n) is 15.3. The molecule has 1 aliphatic rings. The van der Waals surface area contributed by atoms with Gasteiger partial charge in [-0.25, -0.2) is 4.79 Å². The molecular formula is C21H24N4O. The minimum absolute atomic E-state index is 0.114. The zero-order valence-corrected chi connectivity index (χ0v) is 15.3. The predicted molar refractivity (Wildman–Crippen MR) is 104 cm³/mol. The fourth-order valence-corrected chi connectivity index (χ4v) is 3.28. The Labute approximate surface area is 154 Å². The van der Waals surface area contributed by atoms with Crippen molar-refractivity contribution in [1.82, 2.24) is 4.90 Å². The highest BCUT2D eigenvalue weighted by Crippen LogP contribution is 2.28. The van der Waals surface area contributed by atoms with Crippen LogP contribution < -0.4 is 10.2 Å². The molecule has 2 aromatic rings. The molecule has 0 unspecified atom stereocenters. The number of carbonyl (C=O) groups is 1. The lowest BCUT2D eigenvalue weighted by molar-refractivity contribution is 0.208. The second kappa shape index (κ2) is 7.92. The number of hydrogen-bond acceptors (Lipinski definition) is 3. The average molecular weight is 348 g/mol. The van der Waals surface area contributed by atoms with Gasteiger partial charge in [-0.2, -0.15) is 5.26 Å². The molecule has 0 radical (unpaired) electrons. The van der Waals surface area contributed by atoms with Gasteiger partial charge in [0.05, 0.1) is 11.6 Å². The van der Waals surface area contributed by atoms with Crippen LogP contribution in [-0.4, -0.2) is 37.1 Å². The van der Waals surface area contributed by atoms with Crippen LogP contribution in [0.15, 0.2) is 48.5 Å². The Balaban J connectivity index is 1.62. The van der Waals surface area contributed by atoms with Gasteiger partial charge in [0.25, 0.3) is 0 Å². The van der Waals surface area contributed by atoms with Crippen LogP contribution in [0, 0.1) is 11.3 Å². The third-order valence-electron chi connectivity index (χ3n) is 4.71. The van der Waals surface area contributed by atoms with Crippen LogP contribution in [0.25, 0.3) is 0 Å². The zero-order chi connectivity index (χ0) is 18.5. The number of benzene rings is 2. The van der Waals surface area contributed by atoms with Gasteiger partial charge in [-0.3, -0.25) is 0 Å². The number of nitriles is 1. The summed E-state index contributed by atoms with van der Waals surface area (Å²) in [7, 11) is 0. The summed E-state index contributed by atoms with van der Waals surface area (Å²) in [6, 6.07) is 17.5. The number of piperazine rings is 1. The summed E-state index contributed by atoms with van der Waals surface area (Å²) in [5.74, 6) is 0.472. The maximum absolute atomic E-state index is 12.5. The highest BCUT2D eigenvalue weighted by atomic mass is 16.2. The van der Waals surface area contributed by atoms with Gasteiger partial charge in [-0.1, -0.05) is 38.1 Å². The number of hydrogen-bond donors (Lipinski definition) is 1. The first-order valence-electron chi connectivity index (χ1n) is 8.98. The number of amides is 2. The largest absolute Gasteiger partial charge is 0.368 e. The van der Waals surface area contributed by atoms with Gasteiger partial charge in [0.15, 0.2) is 0 Å². The van der Waals surface area contributed by atoms with E-state index in [9.17, 15) is 4.79 Å². The first-order valence-corrected chi connectivity index (χ1v) is 8.98. The van der Waals surface area contributed by atoms with Crippen molar-refractivity contribution in [3.05, 3.63) is 59.7 Å².